The zero-order chi connectivity index (χ0) is 26.0. The number of phenolic OH excluding ortho intramolecular Hbond substituents is 1. The maximum Gasteiger partial charge on any atom is 0.182 e. The van der Waals surface area contributed by atoms with Gasteiger partial charge in [-0.05, 0) is 34.9 Å². The summed E-state index contributed by atoms with van der Waals surface area (Å²) >= 11 is 3.34. The summed E-state index contributed by atoms with van der Waals surface area (Å²) in [4.78, 5) is 15.7. The van der Waals surface area contributed by atoms with E-state index in [0.29, 0.717) is 18.7 Å². The van der Waals surface area contributed by atoms with E-state index in [1.165, 1.54) is 5.56 Å². The molecule has 2 aromatic carbocycles. The molecular weight excluding hydrogens is 504 g/mol. The Balaban J connectivity index is 1.92. The molecule has 2 aromatic rings. The minimum absolute atomic E-state index is 0.0196. The van der Waals surface area contributed by atoms with Crippen molar-refractivity contribution < 1.29 is 14.6 Å². The lowest BCUT2D eigenvalue weighted by Gasteiger charge is -2.28. The van der Waals surface area contributed by atoms with Crippen molar-refractivity contribution in [2.75, 3.05) is 26.8 Å². The number of aromatic hydroxyl groups is 1. The molecule has 5 nitrogen and oxygen atoms in total. The number of Topliss-reactive ketones (excluding diaryl/α,β-unsaturated/α-hetero) is 1. The van der Waals surface area contributed by atoms with Crippen LogP contribution in [0.5, 0.6) is 5.75 Å². The first-order valence-electron chi connectivity index (χ1n) is 12.2. The fraction of sp³-hybridized carbons (Fsp3) is 0.517. The number of benzene rings is 2. The van der Waals surface area contributed by atoms with Crippen LogP contribution in [-0.4, -0.2) is 48.4 Å². The van der Waals surface area contributed by atoms with Crippen LogP contribution in [0.15, 0.2) is 46.5 Å². The number of hydrogen-bond donors (Lipinski definition) is 1. The van der Waals surface area contributed by atoms with Gasteiger partial charge in [0.25, 0.3) is 0 Å². The molecule has 3 rings (SSSR count). The van der Waals surface area contributed by atoms with Crippen LogP contribution in [-0.2, 0) is 22.0 Å². The number of hydrogen-bond acceptors (Lipinski definition) is 4. The van der Waals surface area contributed by atoms with Gasteiger partial charge in [0.15, 0.2) is 5.78 Å². The van der Waals surface area contributed by atoms with E-state index in [9.17, 15) is 9.90 Å². The first-order chi connectivity index (χ1) is 16.4. The molecule has 0 saturated carbocycles. The lowest BCUT2D eigenvalue weighted by Crippen LogP contribution is -2.33. The van der Waals surface area contributed by atoms with E-state index in [-0.39, 0.29) is 40.7 Å². The summed E-state index contributed by atoms with van der Waals surface area (Å²) in [6, 6.07) is 14.1. The molecule has 1 aliphatic heterocycles. The van der Waals surface area contributed by atoms with Gasteiger partial charge in [-0.3, -0.25) is 4.79 Å². The zero-order valence-electron chi connectivity index (χ0n) is 22.1. The fourth-order valence-electron chi connectivity index (χ4n) is 4.92. The molecule has 6 heteroatoms. The maximum absolute atomic E-state index is 13.6. The maximum atomic E-state index is 13.6. The van der Waals surface area contributed by atoms with Crippen LogP contribution in [0.4, 0.5) is 0 Å². The largest absolute Gasteiger partial charge is 0.507 e. The number of rotatable bonds is 7. The van der Waals surface area contributed by atoms with Crippen molar-refractivity contribution in [3.05, 3.63) is 64.7 Å². The highest BCUT2D eigenvalue weighted by Gasteiger charge is 2.39. The van der Waals surface area contributed by atoms with Crippen LogP contribution in [0.1, 0.15) is 68.6 Å². The number of amidine groups is 1. The van der Waals surface area contributed by atoms with Gasteiger partial charge in [0.1, 0.15) is 11.6 Å². The quantitative estimate of drug-likeness (QED) is 0.416. The monoisotopic (exact) mass is 542 g/mol. The Morgan fingerprint density at radius 1 is 1.09 bits per heavy atom. The van der Waals surface area contributed by atoms with E-state index >= 15 is 0 Å². The third-order valence-corrected chi connectivity index (χ3v) is 7.19. The number of likely N-dealkylation sites (tertiary alicyclic amines) is 1. The molecule has 0 aliphatic carbocycles. The van der Waals surface area contributed by atoms with E-state index in [1.54, 1.807) is 7.11 Å². The lowest BCUT2D eigenvalue weighted by molar-refractivity contribution is 0.0954. The highest BCUT2D eigenvalue weighted by atomic mass is 79.9. The normalized spacial score (nSPS) is 20.0. The SMILES string of the molecule is COC[C@H]1CN(CC(=O)c2cc(C(C)(C)C)c(O)c(C(C)(C)C)c2)/C(=N\Br)[C@@H]1Cc1ccccc1. The van der Waals surface area contributed by atoms with Gasteiger partial charge < -0.3 is 14.7 Å². The van der Waals surface area contributed by atoms with Crippen molar-refractivity contribution in [3.63, 3.8) is 0 Å². The first kappa shape index (κ1) is 27.4. The number of carbonyl (C=O) groups excluding carboxylic acids is 1. The van der Waals surface area contributed by atoms with Gasteiger partial charge in [-0.1, -0.05) is 71.9 Å². The molecule has 0 aromatic heterocycles. The van der Waals surface area contributed by atoms with Crippen molar-refractivity contribution in [2.24, 2.45) is 15.9 Å². The van der Waals surface area contributed by atoms with Crippen LogP contribution in [0, 0.1) is 11.8 Å². The summed E-state index contributed by atoms with van der Waals surface area (Å²) in [6.07, 6.45) is 0.839. The number of halogens is 1. The van der Waals surface area contributed by atoms with Gasteiger partial charge in [-0.25, -0.2) is 0 Å². The van der Waals surface area contributed by atoms with Crippen LogP contribution in [0.2, 0.25) is 0 Å². The molecule has 35 heavy (non-hydrogen) atoms. The Hall–Kier alpha value is -2.18. The van der Waals surface area contributed by atoms with E-state index < -0.39 is 0 Å². The van der Waals surface area contributed by atoms with E-state index in [0.717, 1.165) is 23.4 Å². The molecule has 0 amide bonds. The van der Waals surface area contributed by atoms with Gasteiger partial charge in [-0.15, -0.1) is 0 Å². The second-order valence-electron chi connectivity index (χ2n) is 11.7. The van der Waals surface area contributed by atoms with Crippen LogP contribution in [0.25, 0.3) is 0 Å². The van der Waals surface area contributed by atoms with Crippen LogP contribution in [0.3, 0.4) is 0 Å². The molecule has 1 fully saturated rings. The predicted octanol–water partition coefficient (Wildman–Crippen LogP) is 6.32. The van der Waals surface area contributed by atoms with E-state index in [2.05, 4.69) is 78.7 Å². The Morgan fingerprint density at radius 2 is 1.66 bits per heavy atom. The van der Waals surface area contributed by atoms with Crippen molar-refractivity contribution in [1.82, 2.24) is 4.90 Å². The van der Waals surface area contributed by atoms with E-state index in [1.807, 2.05) is 30.3 Å². The number of methoxy groups -OCH3 is 1. The van der Waals surface area contributed by atoms with Crippen molar-refractivity contribution in [2.45, 2.75) is 58.8 Å². The molecular formula is C29H39BrN2O3. The third-order valence-electron chi connectivity index (χ3n) is 6.83. The smallest absolute Gasteiger partial charge is 0.182 e. The molecule has 0 spiro atoms. The lowest BCUT2D eigenvalue weighted by atomic mass is 9.78. The van der Waals surface area contributed by atoms with Gasteiger partial charge in [-0.2, -0.15) is 4.02 Å². The molecule has 0 bridgehead atoms. The molecule has 190 valence electrons. The Bertz CT molecular complexity index is 1030. The highest BCUT2D eigenvalue weighted by Crippen LogP contribution is 2.40. The average molecular weight is 544 g/mol. The van der Waals surface area contributed by atoms with Crippen molar-refractivity contribution in [1.29, 1.82) is 0 Å². The minimum atomic E-state index is -0.291. The molecule has 2 atom stereocenters. The number of carbonyl (C=O) groups is 1. The summed E-state index contributed by atoms with van der Waals surface area (Å²) < 4.78 is 10.00. The van der Waals surface area contributed by atoms with Crippen LogP contribution < -0.4 is 0 Å². The number of nitrogens with zero attached hydrogens (tertiary/aromatic N) is 2. The van der Waals surface area contributed by atoms with Crippen LogP contribution >= 0.6 is 16.1 Å². The summed E-state index contributed by atoms with van der Waals surface area (Å²) in [5, 5.41) is 11.0. The first-order valence-corrected chi connectivity index (χ1v) is 13.0. The van der Waals surface area contributed by atoms with Gasteiger partial charge >= 0.3 is 0 Å². The molecule has 1 heterocycles. The number of ether oxygens (including phenoxy) is 1. The number of ketones is 1. The van der Waals surface area contributed by atoms with Crippen molar-refractivity contribution >= 4 is 27.8 Å². The average Bonchev–Trinajstić information content (AvgIpc) is 3.08. The van der Waals surface area contributed by atoms with Gasteiger partial charge in [0.2, 0.25) is 0 Å². The van der Waals surface area contributed by atoms with Gasteiger partial charge in [0.05, 0.1) is 29.3 Å². The molecule has 1 aliphatic rings. The Morgan fingerprint density at radius 3 is 2.14 bits per heavy atom. The molecule has 1 saturated heterocycles. The molecule has 1 N–H and O–H groups in total. The Labute approximate surface area is 218 Å². The fourth-order valence-corrected chi connectivity index (χ4v) is 5.41. The summed E-state index contributed by atoms with van der Waals surface area (Å²) in [5.74, 6) is 1.58. The standard InChI is InChI=1S/C29H39BrN2O3/c1-28(2,3)23-14-20(15-24(26(23)34)29(4,5)6)25(33)17-32-16-21(18-35-7)22(27(32)31-30)13-19-11-9-8-10-12-19/h8-12,14-15,21-22,34H,13,16-18H2,1-7H3/b31-27-/t21-,22-/m1/s1. The van der Waals surface area contributed by atoms with E-state index in [4.69, 9.17) is 4.74 Å². The summed E-state index contributed by atoms with van der Waals surface area (Å²) in [7, 11) is 1.72. The Kier molecular flexibility index (Phi) is 8.48. The second-order valence-corrected chi connectivity index (χ2v) is 12.0. The zero-order valence-corrected chi connectivity index (χ0v) is 23.6. The highest BCUT2D eigenvalue weighted by molar-refractivity contribution is 9.08. The minimum Gasteiger partial charge on any atom is -0.507 e. The van der Waals surface area contributed by atoms with Gasteiger partial charge in [0, 0.05) is 42.2 Å². The summed E-state index contributed by atoms with van der Waals surface area (Å²) in [6.45, 7) is 13.9. The number of phenols is 1. The predicted molar refractivity (Wildman–Crippen MR) is 147 cm³/mol. The third kappa shape index (κ3) is 6.34. The van der Waals surface area contributed by atoms with Crippen molar-refractivity contribution in [3.8, 4) is 5.75 Å². The topological polar surface area (TPSA) is 62.1 Å². The second kappa shape index (κ2) is 10.8. The molecule has 0 unspecified atom stereocenters. The summed E-state index contributed by atoms with van der Waals surface area (Å²) in [5.41, 5.74) is 2.87. The molecule has 0 radical (unpaired) electrons.